The van der Waals surface area contributed by atoms with Crippen molar-refractivity contribution in [3.8, 4) is 5.75 Å². The van der Waals surface area contributed by atoms with E-state index in [9.17, 15) is 9.59 Å². The molecule has 0 saturated carbocycles. The molecule has 37 heavy (non-hydrogen) atoms. The van der Waals surface area contributed by atoms with Crippen molar-refractivity contribution in [3.05, 3.63) is 114 Å². The zero-order valence-corrected chi connectivity index (χ0v) is 21.2. The van der Waals surface area contributed by atoms with Crippen molar-refractivity contribution in [2.24, 2.45) is 11.8 Å². The van der Waals surface area contributed by atoms with Crippen LogP contribution in [-0.4, -0.2) is 24.1 Å². The fraction of sp³-hybridized carbons (Fsp3) is 0.250. The molecule has 2 aromatic rings. The first-order valence-electron chi connectivity index (χ1n) is 12.7. The zero-order chi connectivity index (χ0) is 25.9. The lowest BCUT2D eigenvalue weighted by atomic mass is 9.79. The van der Waals surface area contributed by atoms with Crippen LogP contribution >= 0.6 is 0 Å². The molecule has 188 valence electrons. The van der Waals surface area contributed by atoms with Gasteiger partial charge in [-0.15, -0.1) is 0 Å². The van der Waals surface area contributed by atoms with Crippen molar-refractivity contribution in [1.29, 1.82) is 0 Å². The lowest BCUT2D eigenvalue weighted by Crippen LogP contribution is -2.37. The predicted molar refractivity (Wildman–Crippen MR) is 146 cm³/mol. The number of nitrogens with zero attached hydrogens (tertiary/aromatic N) is 1. The molecule has 5 heteroatoms. The number of allylic oxidation sites excluding steroid dienone is 4. The summed E-state index contributed by atoms with van der Waals surface area (Å²) < 4.78 is 10.7. The normalized spacial score (nSPS) is 23.4. The van der Waals surface area contributed by atoms with Gasteiger partial charge in [0.2, 0.25) is 0 Å². The summed E-state index contributed by atoms with van der Waals surface area (Å²) in [5.74, 6) is 0.365. The predicted octanol–water partition coefficient (Wildman–Crippen LogP) is 6.11. The molecule has 0 aromatic heterocycles. The van der Waals surface area contributed by atoms with E-state index in [0.717, 1.165) is 29.8 Å². The number of fused-ring (bicyclic) bond motifs is 2. The topological polar surface area (TPSA) is 55.8 Å². The van der Waals surface area contributed by atoms with Gasteiger partial charge in [0.15, 0.2) is 0 Å². The summed E-state index contributed by atoms with van der Waals surface area (Å²) in [6, 6.07) is 14.6. The number of carbonyl (C=O) groups is 2. The molecule has 0 heterocycles. The molecule has 3 aliphatic carbocycles. The molecule has 0 saturated heterocycles. The Morgan fingerprint density at radius 3 is 2.59 bits per heavy atom. The summed E-state index contributed by atoms with van der Waals surface area (Å²) in [4.78, 5) is 25.4. The van der Waals surface area contributed by atoms with Gasteiger partial charge in [-0.2, -0.15) is 0 Å². The number of rotatable bonds is 6. The highest BCUT2D eigenvalue weighted by Gasteiger charge is 2.31. The highest BCUT2D eigenvalue weighted by molar-refractivity contribution is 5.81. The largest absolute Gasteiger partial charge is 0.455 e. The van der Waals surface area contributed by atoms with Crippen LogP contribution in [0.15, 0.2) is 97.3 Å². The van der Waals surface area contributed by atoms with E-state index >= 15 is 0 Å². The van der Waals surface area contributed by atoms with Gasteiger partial charge in [0.1, 0.15) is 11.9 Å². The second-order valence-electron chi connectivity index (χ2n) is 9.78. The highest BCUT2D eigenvalue weighted by atomic mass is 16.5. The fourth-order valence-corrected chi connectivity index (χ4v) is 5.27. The Bertz CT molecular complexity index is 1330. The van der Waals surface area contributed by atoms with Gasteiger partial charge in [0.25, 0.3) is 0 Å². The molecule has 2 aromatic carbocycles. The molecule has 5 rings (SSSR count). The number of hydrogen-bond acceptors (Lipinski definition) is 5. The average molecular weight is 494 g/mol. The highest BCUT2D eigenvalue weighted by Crippen LogP contribution is 2.37. The molecule has 0 spiro atoms. The lowest BCUT2D eigenvalue weighted by molar-refractivity contribution is -0.141. The minimum Gasteiger partial charge on any atom is -0.455 e. The van der Waals surface area contributed by atoms with E-state index in [0.29, 0.717) is 5.75 Å². The third kappa shape index (κ3) is 5.51. The van der Waals surface area contributed by atoms with Gasteiger partial charge in [-0.1, -0.05) is 60.7 Å². The van der Waals surface area contributed by atoms with Gasteiger partial charge in [-0.05, 0) is 73.2 Å². The summed E-state index contributed by atoms with van der Waals surface area (Å²) in [6.45, 7) is 7.00. The maximum atomic E-state index is 11.7. The van der Waals surface area contributed by atoms with E-state index in [4.69, 9.17) is 9.47 Å². The minimum absolute atomic E-state index is 0.121. The molecular formula is C32H31NO4. The molecule has 0 fully saturated rings. The molecule has 0 radical (unpaired) electrons. The van der Waals surface area contributed by atoms with Gasteiger partial charge >= 0.3 is 11.9 Å². The maximum Gasteiger partial charge on any atom is 0.330 e. The van der Waals surface area contributed by atoms with Crippen LogP contribution in [0.3, 0.4) is 0 Å². The number of hydrogen-bond donors (Lipinski definition) is 0. The molecule has 0 aliphatic heterocycles. The van der Waals surface area contributed by atoms with Crippen LogP contribution in [0.1, 0.15) is 30.0 Å². The monoisotopic (exact) mass is 493 g/mol. The van der Waals surface area contributed by atoms with E-state index < -0.39 is 0 Å². The first-order valence-corrected chi connectivity index (χ1v) is 12.7. The molecule has 4 atom stereocenters. The Balaban J connectivity index is 1.43. The Labute approximate surface area is 218 Å². The molecule has 4 unspecified atom stereocenters. The van der Waals surface area contributed by atoms with E-state index in [1.165, 1.54) is 24.1 Å². The fourth-order valence-electron chi connectivity index (χ4n) is 5.27. The summed E-state index contributed by atoms with van der Waals surface area (Å²) >= 11 is 0. The number of aryl methyl sites for hydroxylation is 1. The van der Waals surface area contributed by atoms with Crippen LogP contribution < -0.4 is 9.64 Å². The first kappa shape index (κ1) is 24.6. The number of ether oxygens (including phenoxy) is 2. The quantitative estimate of drug-likeness (QED) is 0.210. The second-order valence-corrected chi connectivity index (χ2v) is 9.78. The van der Waals surface area contributed by atoms with Gasteiger partial charge < -0.3 is 14.4 Å². The van der Waals surface area contributed by atoms with Crippen molar-refractivity contribution in [1.82, 2.24) is 0 Å². The van der Waals surface area contributed by atoms with Gasteiger partial charge in [0.05, 0.1) is 6.04 Å². The van der Waals surface area contributed by atoms with Gasteiger partial charge in [0, 0.05) is 30.3 Å². The smallest absolute Gasteiger partial charge is 0.330 e. The van der Waals surface area contributed by atoms with Crippen LogP contribution in [-0.2, 0) is 20.7 Å². The van der Waals surface area contributed by atoms with Crippen molar-refractivity contribution in [3.63, 3.8) is 0 Å². The second kappa shape index (κ2) is 10.5. The Hall–Kier alpha value is -4.12. The molecule has 0 N–H and O–H groups in total. The van der Waals surface area contributed by atoms with Crippen molar-refractivity contribution >= 4 is 23.7 Å². The third-order valence-electron chi connectivity index (χ3n) is 7.09. The molecule has 0 amide bonds. The van der Waals surface area contributed by atoms with Crippen LogP contribution in [0.25, 0.3) is 6.08 Å². The van der Waals surface area contributed by atoms with Crippen molar-refractivity contribution < 1.29 is 19.1 Å². The van der Waals surface area contributed by atoms with Crippen LogP contribution in [0.5, 0.6) is 5.75 Å². The van der Waals surface area contributed by atoms with Gasteiger partial charge in [-0.3, -0.25) is 4.79 Å². The lowest BCUT2D eigenvalue weighted by Gasteiger charge is -2.38. The summed E-state index contributed by atoms with van der Waals surface area (Å²) in [6.07, 6.45) is 17.8. The third-order valence-corrected chi connectivity index (χ3v) is 7.09. The van der Waals surface area contributed by atoms with E-state index in [1.807, 2.05) is 24.3 Å². The first-order chi connectivity index (χ1) is 17.9. The van der Waals surface area contributed by atoms with Gasteiger partial charge in [-0.25, -0.2) is 4.79 Å². The van der Waals surface area contributed by atoms with E-state index in [2.05, 4.69) is 79.1 Å². The Kier molecular flexibility index (Phi) is 6.95. The summed E-state index contributed by atoms with van der Waals surface area (Å²) in [7, 11) is 0. The van der Waals surface area contributed by atoms with Crippen molar-refractivity contribution in [2.75, 3.05) is 4.90 Å². The van der Waals surface area contributed by atoms with E-state index in [-0.39, 0.29) is 35.9 Å². The molecule has 0 bridgehead atoms. The molecule has 3 aliphatic rings. The molecule has 5 nitrogen and oxygen atoms in total. The Morgan fingerprint density at radius 1 is 1.03 bits per heavy atom. The van der Waals surface area contributed by atoms with Crippen LogP contribution in [0, 0.1) is 18.8 Å². The number of benzene rings is 2. The number of carbonyl (C=O) groups excluding carboxylic acids is 2. The summed E-state index contributed by atoms with van der Waals surface area (Å²) in [5, 5.41) is 0. The van der Waals surface area contributed by atoms with Crippen LogP contribution in [0.4, 0.5) is 5.69 Å². The summed E-state index contributed by atoms with van der Waals surface area (Å²) in [5.41, 5.74) is 5.78. The maximum absolute atomic E-state index is 11.7. The zero-order valence-electron chi connectivity index (χ0n) is 21.2. The average Bonchev–Trinajstić information content (AvgIpc) is 2.89. The SMILES string of the molecule is C=CC(=O)OC1C=CC2C=C(N(c3ccc(C)cc3)C3C=Cc4cc(OC(C)=O)ccc4C3)C=CC2C1. The van der Waals surface area contributed by atoms with Crippen LogP contribution in [0.2, 0.25) is 0 Å². The Morgan fingerprint density at radius 2 is 1.84 bits per heavy atom. The standard InChI is InChI=1S/C32H31NO4/c1-4-32(35)37-31-16-10-24-18-29(14-8-26(24)20-31)33(27-11-5-21(2)6-12-27)28-13-7-25-19-30(36-22(3)34)15-9-23(25)17-28/h4-16,18-19,24,26,28,31H,1,17,20H2,2-3H3. The number of esters is 2. The van der Waals surface area contributed by atoms with E-state index in [1.54, 1.807) is 0 Å². The van der Waals surface area contributed by atoms with Crippen molar-refractivity contribution in [2.45, 2.75) is 38.8 Å². The molecular weight excluding hydrogens is 462 g/mol. The number of anilines is 1. The minimum atomic E-state index is -0.390.